The number of imidazole rings is 1. The smallest absolute Gasteiger partial charge is 0.136 e. The predicted octanol–water partition coefficient (Wildman–Crippen LogP) is 2.72. The minimum atomic E-state index is -0.257. The molecule has 19 heavy (non-hydrogen) atoms. The Balaban J connectivity index is 2.08. The average molecular weight is 256 g/mol. The van der Waals surface area contributed by atoms with Crippen molar-refractivity contribution in [2.24, 2.45) is 0 Å². The van der Waals surface area contributed by atoms with Gasteiger partial charge in [-0.3, -0.25) is 0 Å². The van der Waals surface area contributed by atoms with Crippen LogP contribution in [0.15, 0.2) is 48.5 Å². The van der Waals surface area contributed by atoms with Crippen molar-refractivity contribution in [3.63, 3.8) is 0 Å². The van der Waals surface area contributed by atoms with Crippen LogP contribution in [0.4, 0.5) is 4.39 Å². The molecule has 1 aromatic heterocycles. The second kappa shape index (κ2) is 4.82. The van der Waals surface area contributed by atoms with Crippen molar-refractivity contribution in [1.82, 2.24) is 9.55 Å². The summed E-state index contributed by atoms with van der Waals surface area (Å²) in [4.78, 5) is 4.37. The Morgan fingerprint density at radius 3 is 2.74 bits per heavy atom. The number of hydrogen-bond donors (Lipinski definition) is 1. The molecule has 0 aliphatic carbocycles. The molecule has 0 saturated carbocycles. The molecule has 3 aromatic rings. The van der Waals surface area contributed by atoms with Crippen LogP contribution in [0.3, 0.4) is 0 Å². The van der Waals surface area contributed by atoms with Gasteiger partial charge in [0.15, 0.2) is 0 Å². The van der Waals surface area contributed by atoms with Crippen LogP contribution < -0.4 is 0 Å². The van der Waals surface area contributed by atoms with Crippen molar-refractivity contribution >= 4 is 11.0 Å². The highest BCUT2D eigenvalue weighted by Crippen LogP contribution is 2.18. The Kier molecular flexibility index (Phi) is 3.01. The molecule has 0 aliphatic rings. The first-order valence-corrected chi connectivity index (χ1v) is 6.07. The van der Waals surface area contributed by atoms with E-state index in [1.165, 1.54) is 12.1 Å². The number of halogens is 1. The number of aliphatic hydroxyl groups excluding tert-OH is 1. The number of benzene rings is 2. The monoisotopic (exact) mass is 256 g/mol. The van der Waals surface area contributed by atoms with Gasteiger partial charge in [0.2, 0.25) is 0 Å². The van der Waals surface area contributed by atoms with E-state index < -0.39 is 0 Å². The summed E-state index contributed by atoms with van der Waals surface area (Å²) in [6, 6.07) is 14.1. The molecule has 96 valence electrons. The van der Waals surface area contributed by atoms with Gasteiger partial charge in [0.05, 0.1) is 11.0 Å². The molecule has 3 rings (SSSR count). The lowest BCUT2D eigenvalue weighted by molar-refractivity contribution is 0.267. The molecule has 0 bridgehead atoms. The van der Waals surface area contributed by atoms with Crippen molar-refractivity contribution < 1.29 is 9.50 Å². The molecule has 0 amide bonds. The second-order valence-electron chi connectivity index (χ2n) is 4.39. The maximum Gasteiger partial charge on any atom is 0.136 e. The third kappa shape index (κ3) is 2.22. The van der Waals surface area contributed by atoms with Crippen LogP contribution in [0.25, 0.3) is 11.0 Å². The van der Waals surface area contributed by atoms with E-state index in [2.05, 4.69) is 4.98 Å². The Labute approximate surface area is 109 Å². The Hall–Kier alpha value is -2.20. The number of rotatable bonds is 3. The molecule has 4 heteroatoms. The summed E-state index contributed by atoms with van der Waals surface area (Å²) in [5.74, 6) is 0.331. The van der Waals surface area contributed by atoms with Crippen molar-refractivity contribution in [2.75, 3.05) is 0 Å². The zero-order valence-electron chi connectivity index (χ0n) is 10.3. The van der Waals surface area contributed by atoms with Gasteiger partial charge in [-0.05, 0) is 29.8 Å². The van der Waals surface area contributed by atoms with E-state index in [1.54, 1.807) is 6.07 Å². The zero-order chi connectivity index (χ0) is 13.2. The highest BCUT2D eigenvalue weighted by molar-refractivity contribution is 5.76. The van der Waals surface area contributed by atoms with Gasteiger partial charge in [0.25, 0.3) is 0 Å². The maximum absolute atomic E-state index is 13.2. The molecular weight excluding hydrogens is 243 g/mol. The third-order valence-corrected chi connectivity index (χ3v) is 3.10. The highest BCUT2D eigenvalue weighted by atomic mass is 19.1. The number of hydrogen-bond acceptors (Lipinski definition) is 2. The fraction of sp³-hybridized carbons (Fsp3) is 0.133. The minimum Gasteiger partial charge on any atom is -0.388 e. The van der Waals surface area contributed by atoms with Crippen LogP contribution >= 0.6 is 0 Å². The quantitative estimate of drug-likeness (QED) is 0.782. The number of nitrogens with zero attached hydrogens (tertiary/aromatic N) is 2. The summed E-state index contributed by atoms with van der Waals surface area (Å²) in [5.41, 5.74) is 2.62. The first-order chi connectivity index (χ1) is 9.28. The Bertz CT molecular complexity index is 721. The second-order valence-corrected chi connectivity index (χ2v) is 4.39. The standard InChI is InChI=1S/C15H13FN2O/c16-12-5-3-4-11(8-12)9-18-14-7-2-1-6-13(14)17-15(18)10-19/h1-8,19H,9-10H2. The van der Waals surface area contributed by atoms with Gasteiger partial charge in [-0.25, -0.2) is 9.37 Å². The summed E-state index contributed by atoms with van der Waals surface area (Å²) >= 11 is 0. The average Bonchev–Trinajstić information content (AvgIpc) is 2.77. The van der Waals surface area contributed by atoms with E-state index in [1.807, 2.05) is 34.9 Å². The van der Waals surface area contributed by atoms with E-state index in [0.717, 1.165) is 16.6 Å². The van der Waals surface area contributed by atoms with Crippen LogP contribution in [0.5, 0.6) is 0 Å². The number of para-hydroxylation sites is 2. The topological polar surface area (TPSA) is 38.1 Å². The van der Waals surface area contributed by atoms with Crippen molar-refractivity contribution in [3.8, 4) is 0 Å². The molecule has 2 aromatic carbocycles. The summed E-state index contributed by atoms with van der Waals surface area (Å²) in [6.07, 6.45) is 0. The molecular formula is C15H13FN2O. The SMILES string of the molecule is OCc1nc2ccccc2n1Cc1cccc(F)c1. The van der Waals surface area contributed by atoms with Crippen LogP contribution in [0.2, 0.25) is 0 Å². The first-order valence-electron chi connectivity index (χ1n) is 6.07. The van der Waals surface area contributed by atoms with Crippen LogP contribution in [0, 0.1) is 5.82 Å². The molecule has 0 saturated heterocycles. The van der Waals surface area contributed by atoms with Gasteiger partial charge in [-0.15, -0.1) is 0 Å². The lowest BCUT2D eigenvalue weighted by Crippen LogP contribution is -2.05. The fourth-order valence-electron chi connectivity index (χ4n) is 2.24. The summed E-state index contributed by atoms with van der Waals surface area (Å²) in [7, 11) is 0. The van der Waals surface area contributed by atoms with Crippen LogP contribution in [0.1, 0.15) is 11.4 Å². The molecule has 3 nitrogen and oxygen atoms in total. The van der Waals surface area contributed by atoms with Crippen molar-refractivity contribution in [2.45, 2.75) is 13.2 Å². The summed E-state index contributed by atoms with van der Waals surface area (Å²) in [5, 5.41) is 9.39. The van der Waals surface area contributed by atoms with Crippen LogP contribution in [-0.2, 0) is 13.2 Å². The predicted molar refractivity (Wildman–Crippen MR) is 71.2 cm³/mol. The summed E-state index contributed by atoms with van der Waals surface area (Å²) < 4.78 is 15.1. The van der Waals surface area contributed by atoms with Crippen molar-refractivity contribution in [1.29, 1.82) is 0 Å². The fourth-order valence-corrected chi connectivity index (χ4v) is 2.24. The molecule has 0 fully saturated rings. The number of fused-ring (bicyclic) bond motifs is 1. The van der Waals surface area contributed by atoms with Crippen LogP contribution in [-0.4, -0.2) is 14.7 Å². The number of aliphatic hydroxyl groups is 1. The molecule has 0 atom stereocenters. The largest absolute Gasteiger partial charge is 0.388 e. The molecule has 0 spiro atoms. The van der Waals surface area contributed by atoms with Gasteiger partial charge in [0.1, 0.15) is 18.2 Å². The Morgan fingerprint density at radius 2 is 1.95 bits per heavy atom. The summed E-state index contributed by atoms with van der Waals surface area (Å²) in [6.45, 7) is 0.359. The minimum absolute atomic E-state index is 0.135. The van der Waals surface area contributed by atoms with E-state index in [-0.39, 0.29) is 12.4 Å². The van der Waals surface area contributed by atoms with Gasteiger partial charge < -0.3 is 9.67 Å². The maximum atomic E-state index is 13.2. The molecule has 1 N–H and O–H groups in total. The van der Waals surface area contributed by atoms with Crippen molar-refractivity contribution in [3.05, 3.63) is 65.7 Å². The molecule has 0 aliphatic heterocycles. The van der Waals surface area contributed by atoms with Gasteiger partial charge in [-0.2, -0.15) is 0 Å². The lowest BCUT2D eigenvalue weighted by atomic mass is 10.2. The molecule has 1 heterocycles. The van der Waals surface area contributed by atoms with E-state index in [9.17, 15) is 9.50 Å². The highest BCUT2D eigenvalue weighted by Gasteiger charge is 2.09. The van der Waals surface area contributed by atoms with Gasteiger partial charge >= 0.3 is 0 Å². The van der Waals surface area contributed by atoms with Gasteiger partial charge in [0, 0.05) is 6.54 Å². The van der Waals surface area contributed by atoms with Gasteiger partial charge in [-0.1, -0.05) is 24.3 Å². The lowest BCUT2D eigenvalue weighted by Gasteiger charge is -2.08. The normalized spacial score (nSPS) is 11.1. The Morgan fingerprint density at radius 1 is 1.11 bits per heavy atom. The van der Waals surface area contributed by atoms with E-state index >= 15 is 0 Å². The number of aromatic nitrogens is 2. The van der Waals surface area contributed by atoms with E-state index in [0.29, 0.717) is 12.4 Å². The zero-order valence-corrected chi connectivity index (χ0v) is 10.3. The molecule has 0 unspecified atom stereocenters. The first kappa shape index (κ1) is 11.9. The van der Waals surface area contributed by atoms with E-state index in [4.69, 9.17) is 0 Å². The third-order valence-electron chi connectivity index (χ3n) is 3.10. The molecule has 0 radical (unpaired) electrons.